The number of halogens is 1. The molecule has 1 amide bonds. The number of anilines is 1. The summed E-state index contributed by atoms with van der Waals surface area (Å²) in [6.45, 7) is 4.33. The van der Waals surface area contributed by atoms with E-state index in [1.165, 1.54) is 0 Å². The maximum atomic E-state index is 12.2. The van der Waals surface area contributed by atoms with Gasteiger partial charge in [-0.1, -0.05) is 17.7 Å². The van der Waals surface area contributed by atoms with Gasteiger partial charge in [0.2, 0.25) is 5.91 Å². The number of benzene rings is 1. The van der Waals surface area contributed by atoms with Crippen molar-refractivity contribution in [1.29, 1.82) is 0 Å². The predicted molar refractivity (Wildman–Crippen MR) is 83.3 cm³/mol. The Labute approximate surface area is 125 Å². The Morgan fingerprint density at radius 3 is 3.05 bits per heavy atom. The predicted octanol–water partition coefficient (Wildman–Crippen LogP) is 2.27. The largest absolute Gasteiger partial charge is 0.325 e. The van der Waals surface area contributed by atoms with E-state index in [0.717, 1.165) is 37.2 Å². The van der Waals surface area contributed by atoms with Gasteiger partial charge in [0.1, 0.15) is 0 Å². The molecule has 5 heteroatoms. The van der Waals surface area contributed by atoms with Gasteiger partial charge in [-0.15, -0.1) is 0 Å². The summed E-state index contributed by atoms with van der Waals surface area (Å²) >= 11 is 5.97. The van der Waals surface area contributed by atoms with Crippen molar-refractivity contribution in [3.63, 3.8) is 0 Å². The van der Waals surface area contributed by atoms with Crippen LogP contribution in [-0.4, -0.2) is 43.5 Å². The Morgan fingerprint density at radius 2 is 2.30 bits per heavy atom. The number of likely N-dealkylation sites (tertiary alicyclic amines) is 1. The van der Waals surface area contributed by atoms with E-state index >= 15 is 0 Å². The van der Waals surface area contributed by atoms with Crippen molar-refractivity contribution in [2.45, 2.75) is 25.8 Å². The molecule has 1 aliphatic heterocycles. The Balaban J connectivity index is 1.93. The number of nitrogens with one attached hydrogen (secondary N) is 2. The number of aryl methyl sites for hydroxylation is 1. The minimum absolute atomic E-state index is 0.0263. The fourth-order valence-electron chi connectivity index (χ4n) is 2.67. The molecule has 0 saturated carbocycles. The van der Waals surface area contributed by atoms with Gasteiger partial charge in [0, 0.05) is 23.3 Å². The highest BCUT2D eigenvalue weighted by Gasteiger charge is 2.25. The number of amides is 1. The molecule has 20 heavy (non-hydrogen) atoms. The van der Waals surface area contributed by atoms with Gasteiger partial charge < -0.3 is 10.6 Å². The molecule has 0 aromatic heterocycles. The summed E-state index contributed by atoms with van der Waals surface area (Å²) in [5.41, 5.74) is 1.82. The monoisotopic (exact) mass is 295 g/mol. The maximum Gasteiger partial charge on any atom is 0.238 e. The lowest BCUT2D eigenvalue weighted by atomic mass is 10.2. The number of hydrogen-bond acceptors (Lipinski definition) is 3. The third-order valence-corrected chi connectivity index (χ3v) is 3.99. The number of carbonyl (C=O) groups excluding carboxylic acids is 1. The molecule has 2 N–H and O–H groups in total. The number of nitrogens with zero attached hydrogens (tertiary/aromatic N) is 1. The van der Waals surface area contributed by atoms with Gasteiger partial charge in [-0.25, -0.2) is 0 Å². The van der Waals surface area contributed by atoms with E-state index in [1.54, 1.807) is 6.07 Å². The molecule has 2 rings (SSSR count). The topological polar surface area (TPSA) is 44.4 Å². The highest BCUT2D eigenvalue weighted by molar-refractivity contribution is 6.31. The molecule has 1 heterocycles. The molecular weight excluding hydrogens is 274 g/mol. The van der Waals surface area contributed by atoms with Crippen LogP contribution in [0, 0.1) is 6.92 Å². The normalized spacial score (nSPS) is 19.2. The zero-order chi connectivity index (χ0) is 14.5. The summed E-state index contributed by atoms with van der Waals surface area (Å²) in [5.74, 6) is 0.0263. The van der Waals surface area contributed by atoms with Crippen LogP contribution in [0.2, 0.25) is 5.02 Å². The van der Waals surface area contributed by atoms with Crippen molar-refractivity contribution >= 4 is 23.2 Å². The number of likely N-dealkylation sites (N-methyl/N-ethyl adjacent to an activating group) is 1. The number of hydrogen-bond donors (Lipinski definition) is 2. The van der Waals surface area contributed by atoms with Crippen molar-refractivity contribution in [2.75, 3.05) is 32.0 Å². The fourth-order valence-corrected chi connectivity index (χ4v) is 2.85. The first kappa shape index (κ1) is 15.3. The maximum absolute atomic E-state index is 12.2. The molecule has 4 nitrogen and oxygen atoms in total. The minimum Gasteiger partial charge on any atom is -0.325 e. The van der Waals surface area contributed by atoms with E-state index in [9.17, 15) is 4.79 Å². The van der Waals surface area contributed by atoms with Gasteiger partial charge >= 0.3 is 0 Å². The standard InChI is InChI=1S/C15H22ClN3O/c1-11-5-6-12(16)8-14(11)18-15(20)10-19-7-3-4-13(19)9-17-2/h5-6,8,13,17H,3-4,7,9-10H2,1-2H3,(H,18,20). The first-order chi connectivity index (χ1) is 9.60. The van der Waals surface area contributed by atoms with Gasteiger partial charge in [0.15, 0.2) is 0 Å². The van der Waals surface area contributed by atoms with Crippen molar-refractivity contribution < 1.29 is 4.79 Å². The van der Waals surface area contributed by atoms with Crippen LogP contribution in [0.15, 0.2) is 18.2 Å². The summed E-state index contributed by atoms with van der Waals surface area (Å²) in [5, 5.41) is 6.78. The van der Waals surface area contributed by atoms with Crippen molar-refractivity contribution in [3.8, 4) is 0 Å². The van der Waals surface area contributed by atoms with E-state index < -0.39 is 0 Å². The van der Waals surface area contributed by atoms with E-state index in [1.807, 2.05) is 26.1 Å². The lowest BCUT2D eigenvalue weighted by Crippen LogP contribution is -2.41. The quantitative estimate of drug-likeness (QED) is 0.876. The van der Waals surface area contributed by atoms with Gasteiger partial charge in [-0.05, 0) is 51.1 Å². The minimum atomic E-state index is 0.0263. The van der Waals surface area contributed by atoms with Gasteiger partial charge in [-0.2, -0.15) is 0 Å². The summed E-state index contributed by atoms with van der Waals surface area (Å²) in [4.78, 5) is 14.4. The highest BCUT2D eigenvalue weighted by atomic mass is 35.5. The second kappa shape index (κ2) is 7.07. The smallest absolute Gasteiger partial charge is 0.238 e. The first-order valence-corrected chi connectivity index (χ1v) is 7.42. The van der Waals surface area contributed by atoms with E-state index in [0.29, 0.717) is 17.6 Å². The Morgan fingerprint density at radius 1 is 1.50 bits per heavy atom. The van der Waals surface area contributed by atoms with Crippen molar-refractivity contribution in [2.24, 2.45) is 0 Å². The van der Waals surface area contributed by atoms with Crippen LogP contribution in [0.4, 0.5) is 5.69 Å². The second-order valence-electron chi connectivity index (χ2n) is 5.33. The Kier molecular flexibility index (Phi) is 5.40. The van der Waals surface area contributed by atoms with Crippen LogP contribution in [0.1, 0.15) is 18.4 Å². The molecule has 1 atom stereocenters. The van der Waals surface area contributed by atoms with Crippen LogP contribution >= 0.6 is 11.6 Å². The molecule has 1 saturated heterocycles. The molecule has 1 unspecified atom stereocenters. The lowest BCUT2D eigenvalue weighted by Gasteiger charge is -2.23. The van der Waals surface area contributed by atoms with Gasteiger partial charge in [0.25, 0.3) is 0 Å². The third kappa shape index (κ3) is 3.95. The average molecular weight is 296 g/mol. The number of carbonyl (C=O) groups is 1. The van der Waals surface area contributed by atoms with Gasteiger partial charge in [-0.3, -0.25) is 9.69 Å². The van der Waals surface area contributed by atoms with Crippen LogP contribution in [-0.2, 0) is 4.79 Å². The Hall–Kier alpha value is -1.10. The molecule has 1 aliphatic rings. The highest BCUT2D eigenvalue weighted by Crippen LogP contribution is 2.21. The van der Waals surface area contributed by atoms with Crippen LogP contribution in [0.3, 0.4) is 0 Å². The summed E-state index contributed by atoms with van der Waals surface area (Å²) in [6, 6.07) is 6.00. The molecule has 0 bridgehead atoms. The summed E-state index contributed by atoms with van der Waals surface area (Å²) in [7, 11) is 1.95. The fraction of sp³-hybridized carbons (Fsp3) is 0.533. The summed E-state index contributed by atoms with van der Waals surface area (Å²) < 4.78 is 0. The Bertz CT molecular complexity index is 478. The molecule has 1 aromatic rings. The zero-order valence-electron chi connectivity index (χ0n) is 12.1. The molecule has 0 radical (unpaired) electrons. The molecule has 1 aromatic carbocycles. The van der Waals surface area contributed by atoms with Crippen LogP contribution < -0.4 is 10.6 Å². The first-order valence-electron chi connectivity index (χ1n) is 7.05. The van der Waals surface area contributed by atoms with Gasteiger partial charge in [0.05, 0.1) is 6.54 Å². The second-order valence-corrected chi connectivity index (χ2v) is 5.77. The lowest BCUT2D eigenvalue weighted by molar-refractivity contribution is -0.117. The molecular formula is C15H22ClN3O. The number of rotatable bonds is 5. The molecule has 0 spiro atoms. The summed E-state index contributed by atoms with van der Waals surface area (Å²) in [6.07, 6.45) is 2.32. The van der Waals surface area contributed by atoms with Crippen molar-refractivity contribution in [3.05, 3.63) is 28.8 Å². The average Bonchev–Trinajstić information content (AvgIpc) is 2.82. The molecule has 1 fully saturated rings. The van der Waals surface area contributed by atoms with Crippen LogP contribution in [0.25, 0.3) is 0 Å². The van der Waals surface area contributed by atoms with E-state index in [4.69, 9.17) is 11.6 Å². The van der Waals surface area contributed by atoms with E-state index in [2.05, 4.69) is 15.5 Å². The van der Waals surface area contributed by atoms with Crippen molar-refractivity contribution in [1.82, 2.24) is 10.2 Å². The van der Waals surface area contributed by atoms with Crippen LogP contribution in [0.5, 0.6) is 0 Å². The molecule has 0 aliphatic carbocycles. The zero-order valence-corrected chi connectivity index (χ0v) is 12.8. The van der Waals surface area contributed by atoms with E-state index in [-0.39, 0.29) is 5.91 Å². The molecule has 110 valence electrons. The SMILES string of the molecule is CNCC1CCCN1CC(=O)Nc1cc(Cl)ccc1C. The third-order valence-electron chi connectivity index (χ3n) is 3.76.